The van der Waals surface area contributed by atoms with Crippen molar-refractivity contribution in [2.24, 2.45) is 0 Å². The Bertz CT molecular complexity index is 564. The van der Waals surface area contributed by atoms with Gasteiger partial charge in [-0.25, -0.2) is 0 Å². The molecule has 90 valence electrons. The van der Waals surface area contributed by atoms with Crippen LogP contribution in [0.5, 0.6) is 5.75 Å². The summed E-state index contributed by atoms with van der Waals surface area (Å²) >= 11 is 8.54. The molecular formula is C11H12BrN3OS. The van der Waals surface area contributed by atoms with E-state index in [4.69, 9.17) is 17.0 Å². The number of aromatic nitrogens is 3. The molecule has 0 fully saturated rings. The van der Waals surface area contributed by atoms with Crippen LogP contribution < -0.4 is 4.74 Å². The van der Waals surface area contributed by atoms with E-state index >= 15 is 0 Å². The van der Waals surface area contributed by atoms with E-state index in [9.17, 15) is 0 Å². The zero-order chi connectivity index (χ0) is 12.3. The maximum absolute atomic E-state index is 5.68. The Morgan fingerprint density at radius 2 is 2.24 bits per heavy atom. The van der Waals surface area contributed by atoms with Gasteiger partial charge in [-0.2, -0.15) is 5.10 Å². The van der Waals surface area contributed by atoms with Gasteiger partial charge in [-0.15, -0.1) is 0 Å². The summed E-state index contributed by atoms with van der Waals surface area (Å²) in [6.45, 7) is 3.20. The standard InChI is InChI=1S/C11H12BrN3OS/c1-2-15-10(13-14-11(15)17)7-16-9-6-4-3-5-8(9)12/h3-6H,2,7H2,1H3,(H,14,17). The van der Waals surface area contributed by atoms with Crippen molar-refractivity contribution >= 4 is 28.1 Å². The lowest BCUT2D eigenvalue weighted by atomic mass is 10.3. The molecular weight excluding hydrogens is 302 g/mol. The zero-order valence-corrected chi connectivity index (χ0v) is 11.7. The van der Waals surface area contributed by atoms with Crippen LogP contribution in [0.15, 0.2) is 28.7 Å². The zero-order valence-electron chi connectivity index (χ0n) is 9.31. The summed E-state index contributed by atoms with van der Waals surface area (Å²) in [6.07, 6.45) is 0. The molecule has 17 heavy (non-hydrogen) atoms. The van der Waals surface area contributed by atoms with E-state index in [0.717, 1.165) is 22.6 Å². The van der Waals surface area contributed by atoms with Crippen LogP contribution in [0.3, 0.4) is 0 Å². The number of nitrogens with zero attached hydrogens (tertiary/aromatic N) is 2. The smallest absolute Gasteiger partial charge is 0.195 e. The molecule has 1 heterocycles. The second kappa shape index (κ2) is 5.46. The normalized spacial score (nSPS) is 10.5. The summed E-state index contributed by atoms with van der Waals surface area (Å²) in [6, 6.07) is 7.71. The van der Waals surface area contributed by atoms with E-state index in [0.29, 0.717) is 11.4 Å². The molecule has 2 rings (SSSR count). The number of hydrogen-bond acceptors (Lipinski definition) is 3. The summed E-state index contributed by atoms with van der Waals surface area (Å²) in [5.74, 6) is 1.59. The molecule has 0 atom stereocenters. The van der Waals surface area contributed by atoms with Crippen LogP contribution in [0, 0.1) is 4.77 Å². The van der Waals surface area contributed by atoms with Crippen LogP contribution in [-0.4, -0.2) is 14.8 Å². The van der Waals surface area contributed by atoms with Gasteiger partial charge >= 0.3 is 0 Å². The third-order valence-electron chi connectivity index (χ3n) is 2.35. The summed E-state index contributed by atoms with van der Waals surface area (Å²) in [7, 11) is 0. The number of ether oxygens (including phenoxy) is 1. The highest BCUT2D eigenvalue weighted by Gasteiger charge is 2.06. The average molecular weight is 314 g/mol. The van der Waals surface area contributed by atoms with E-state index in [1.165, 1.54) is 0 Å². The van der Waals surface area contributed by atoms with Crippen LogP contribution in [0.25, 0.3) is 0 Å². The van der Waals surface area contributed by atoms with Crippen LogP contribution >= 0.6 is 28.1 Å². The van der Waals surface area contributed by atoms with Crippen LogP contribution in [0.2, 0.25) is 0 Å². The van der Waals surface area contributed by atoms with Crippen molar-refractivity contribution in [2.45, 2.75) is 20.1 Å². The fraction of sp³-hybridized carbons (Fsp3) is 0.273. The largest absolute Gasteiger partial charge is 0.484 e. The Morgan fingerprint density at radius 1 is 1.47 bits per heavy atom. The van der Waals surface area contributed by atoms with E-state index in [1.807, 2.05) is 35.8 Å². The quantitative estimate of drug-likeness (QED) is 0.881. The lowest BCUT2D eigenvalue weighted by Gasteiger charge is -2.08. The van der Waals surface area contributed by atoms with E-state index in [2.05, 4.69) is 26.1 Å². The number of rotatable bonds is 4. The van der Waals surface area contributed by atoms with Crippen molar-refractivity contribution < 1.29 is 4.74 Å². The monoisotopic (exact) mass is 313 g/mol. The fourth-order valence-corrected chi connectivity index (χ4v) is 2.17. The lowest BCUT2D eigenvalue weighted by Crippen LogP contribution is -2.06. The highest BCUT2D eigenvalue weighted by molar-refractivity contribution is 9.10. The molecule has 0 saturated heterocycles. The Morgan fingerprint density at radius 3 is 2.94 bits per heavy atom. The molecule has 1 aromatic carbocycles. The molecule has 0 aliphatic heterocycles. The molecule has 1 aromatic heterocycles. The average Bonchev–Trinajstić information content (AvgIpc) is 2.69. The van der Waals surface area contributed by atoms with Crippen molar-refractivity contribution in [1.29, 1.82) is 0 Å². The Balaban J connectivity index is 2.13. The predicted octanol–water partition coefficient (Wildman–Crippen LogP) is 3.30. The first kappa shape index (κ1) is 12.3. The van der Waals surface area contributed by atoms with Gasteiger partial charge in [-0.1, -0.05) is 12.1 Å². The Labute approximate surface area is 113 Å². The second-order valence-electron chi connectivity index (χ2n) is 3.41. The first-order chi connectivity index (χ1) is 8.22. The van der Waals surface area contributed by atoms with Gasteiger partial charge in [-0.05, 0) is 47.2 Å². The number of nitrogens with one attached hydrogen (secondary N) is 1. The number of H-pyrrole nitrogens is 1. The minimum absolute atomic E-state index is 0.392. The third-order valence-corrected chi connectivity index (χ3v) is 3.31. The van der Waals surface area contributed by atoms with E-state index < -0.39 is 0 Å². The van der Waals surface area contributed by atoms with Gasteiger partial charge in [0.05, 0.1) is 4.47 Å². The number of para-hydroxylation sites is 1. The predicted molar refractivity (Wildman–Crippen MR) is 71.6 cm³/mol. The molecule has 0 unspecified atom stereocenters. The first-order valence-corrected chi connectivity index (χ1v) is 6.44. The molecule has 4 nitrogen and oxygen atoms in total. The maximum atomic E-state index is 5.68. The third kappa shape index (κ3) is 2.76. The first-order valence-electron chi connectivity index (χ1n) is 5.23. The van der Waals surface area contributed by atoms with Gasteiger partial charge in [0.25, 0.3) is 0 Å². The van der Waals surface area contributed by atoms with Gasteiger partial charge in [0, 0.05) is 6.54 Å². The van der Waals surface area contributed by atoms with Gasteiger partial charge in [0.1, 0.15) is 12.4 Å². The molecule has 0 radical (unpaired) electrons. The highest BCUT2D eigenvalue weighted by atomic mass is 79.9. The molecule has 1 N–H and O–H groups in total. The van der Waals surface area contributed by atoms with E-state index in [1.54, 1.807) is 0 Å². The molecule has 0 aliphatic rings. The minimum Gasteiger partial charge on any atom is -0.484 e. The van der Waals surface area contributed by atoms with Gasteiger partial charge in [-0.3, -0.25) is 5.10 Å². The summed E-state index contributed by atoms with van der Waals surface area (Å²) in [4.78, 5) is 0. The van der Waals surface area contributed by atoms with E-state index in [-0.39, 0.29) is 0 Å². The summed E-state index contributed by atoms with van der Waals surface area (Å²) in [5, 5.41) is 6.90. The minimum atomic E-state index is 0.392. The summed E-state index contributed by atoms with van der Waals surface area (Å²) < 4.78 is 9.14. The van der Waals surface area contributed by atoms with Crippen molar-refractivity contribution in [1.82, 2.24) is 14.8 Å². The second-order valence-corrected chi connectivity index (χ2v) is 4.65. The number of aromatic amines is 1. The maximum Gasteiger partial charge on any atom is 0.195 e. The lowest BCUT2D eigenvalue weighted by molar-refractivity contribution is 0.287. The Kier molecular flexibility index (Phi) is 3.96. The van der Waals surface area contributed by atoms with Crippen molar-refractivity contribution in [3.63, 3.8) is 0 Å². The van der Waals surface area contributed by atoms with Crippen molar-refractivity contribution in [3.05, 3.63) is 39.3 Å². The summed E-state index contributed by atoms with van der Waals surface area (Å²) in [5.41, 5.74) is 0. The SMILES string of the molecule is CCn1c(COc2ccccc2Br)n[nH]c1=S. The fourth-order valence-electron chi connectivity index (χ4n) is 1.49. The Hall–Kier alpha value is -1.14. The van der Waals surface area contributed by atoms with Crippen LogP contribution in [0.4, 0.5) is 0 Å². The molecule has 0 saturated carbocycles. The van der Waals surface area contributed by atoms with Crippen molar-refractivity contribution in [2.75, 3.05) is 0 Å². The molecule has 0 aliphatic carbocycles. The molecule has 0 amide bonds. The van der Waals surface area contributed by atoms with Gasteiger partial charge in [0.15, 0.2) is 10.6 Å². The molecule has 0 bridgehead atoms. The van der Waals surface area contributed by atoms with Gasteiger partial charge < -0.3 is 9.30 Å². The van der Waals surface area contributed by atoms with Crippen LogP contribution in [0.1, 0.15) is 12.7 Å². The topological polar surface area (TPSA) is 42.8 Å². The number of benzene rings is 1. The van der Waals surface area contributed by atoms with Gasteiger partial charge in [0.2, 0.25) is 0 Å². The van der Waals surface area contributed by atoms with Crippen molar-refractivity contribution in [3.8, 4) is 5.75 Å². The molecule has 6 heteroatoms. The number of halogens is 1. The molecule has 0 spiro atoms. The highest BCUT2D eigenvalue weighted by Crippen LogP contribution is 2.24. The number of hydrogen-bond donors (Lipinski definition) is 1. The van der Waals surface area contributed by atoms with Crippen LogP contribution in [-0.2, 0) is 13.2 Å². The molecule has 2 aromatic rings.